The molecule has 48 heavy (non-hydrogen) atoms. The van der Waals surface area contributed by atoms with Gasteiger partial charge in [0.1, 0.15) is 6.07 Å². The fourth-order valence-electron chi connectivity index (χ4n) is 7.38. The third-order valence-electron chi connectivity index (χ3n) is 9.44. The lowest BCUT2D eigenvalue weighted by Gasteiger charge is -2.16. The molecule has 4 nitrogen and oxygen atoms in total. The van der Waals surface area contributed by atoms with Gasteiger partial charge in [0.05, 0.1) is 50.6 Å². The molecule has 222 valence electrons. The maximum Gasteiger partial charge on any atom is 0.102 e. The van der Waals surface area contributed by atoms with Crippen LogP contribution in [0.25, 0.3) is 77.2 Å². The zero-order valence-electron chi connectivity index (χ0n) is 25.8. The molecule has 0 saturated carbocycles. The van der Waals surface area contributed by atoms with E-state index < -0.39 is 0 Å². The summed E-state index contributed by atoms with van der Waals surface area (Å²) in [6, 6.07) is 58.7. The van der Waals surface area contributed by atoms with Crippen LogP contribution < -0.4 is 0 Å². The van der Waals surface area contributed by atoms with Crippen LogP contribution in [0.15, 0.2) is 158 Å². The number of nitriles is 2. The average Bonchev–Trinajstić information content (AvgIpc) is 3.67. The van der Waals surface area contributed by atoms with Crippen LogP contribution in [0.5, 0.6) is 0 Å². The Bertz CT molecular complexity index is 2710. The Kier molecular flexibility index (Phi) is 6.22. The molecule has 0 aliphatic heterocycles. The van der Waals surface area contributed by atoms with E-state index in [-0.39, 0.29) is 0 Å². The van der Waals surface area contributed by atoms with Crippen molar-refractivity contribution >= 4 is 43.6 Å². The number of benzene rings is 7. The maximum atomic E-state index is 10.6. The van der Waals surface area contributed by atoms with Crippen LogP contribution in [0.4, 0.5) is 0 Å². The van der Waals surface area contributed by atoms with Gasteiger partial charge in [-0.3, -0.25) is 0 Å². The molecule has 0 unspecified atom stereocenters. The third kappa shape index (κ3) is 4.01. The summed E-state index contributed by atoms with van der Waals surface area (Å²) in [7, 11) is 0. The summed E-state index contributed by atoms with van der Waals surface area (Å²) in [5.41, 5.74) is 10.7. The van der Waals surface area contributed by atoms with Gasteiger partial charge in [-0.25, -0.2) is 0 Å². The first kappa shape index (κ1) is 27.4. The van der Waals surface area contributed by atoms with Crippen molar-refractivity contribution in [1.82, 2.24) is 9.13 Å². The molecular weight excluding hydrogens is 585 g/mol. The van der Waals surface area contributed by atoms with E-state index in [1.165, 1.54) is 10.8 Å². The van der Waals surface area contributed by atoms with Crippen molar-refractivity contribution in [1.29, 1.82) is 10.5 Å². The summed E-state index contributed by atoms with van der Waals surface area (Å²) in [5, 5.41) is 25.9. The second-order valence-corrected chi connectivity index (χ2v) is 11.9. The fraction of sp³-hybridized carbons (Fsp3) is 0. The predicted molar refractivity (Wildman–Crippen MR) is 195 cm³/mol. The van der Waals surface area contributed by atoms with Crippen LogP contribution in [0.3, 0.4) is 0 Å². The minimum absolute atomic E-state index is 0.548. The van der Waals surface area contributed by atoms with Gasteiger partial charge in [-0.2, -0.15) is 10.5 Å². The van der Waals surface area contributed by atoms with Gasteiger partial charge in [0, 0.05) is 38.2 Å². The van der Waals surface area contributed by atoms with Crippen LogP contribution in [0.2, 0.25) is 0 Å². The monoisotopic (exact) mass is 610 g/mol. The minimum Gasteiger partial charge on any atom is -0.309 e. The number of aromatic nitrogens is 2. The molecule has 0 fully saturated rings. The molecule has 9 rings (SSSR count). The first-order valence-corrected chi connectivity index (χ1v) is 15.9. The van der Waals surface area contributed by atoms with Gasteiger partial charge in [-0.15, -0.1) is 0 Å². The van der Waals surface area contributed by atoms with E-state index in [0.717, 1.165) is 66.5 Å². The van der Waals surface area contributed by atoms with Gasteiger partial charge in [-0.05, 0) is 48.0 Å². The number of hydrogen-bond acceptors (Lipinski definition) is 2. The largest absolute Gasteiger partial charge is 0.309 e. The van der Waals surface area contributed by atoms with Crippen molar-refractivity contribution in [3.63, 3.8) is 0 Å². The molecule has 0 aliphatic carbocycles. The number of para-hydroxylation sites is 5. The molecule has 4 heteroatoms. The Morgan fingerprint density at radius 3 is 1.38 bits per heavy atom. The van der Waals surface area contributed by atoms with Gasteiger partial charge < -0.3 is 9.13 Å². The molecular formula is C44H26N4. The SMILES string of the molecule is N#Cc1cc(-c2cccc(-n3c4ccccc4c4ccccc43)c2C#N)ccc1-c1ccccc1-n1c2ccccc2c2ccccc21. The molecule has 0 spiro atoms. The van der Waals surface area contributed by atoms with E-state index >= 15 is 0 Å². The van der Waals surface area contributed by atoms with Crippen LogP contribution in [0.1, 0.15) is 11.1 Å². The number of hydrogen-bond donors (Lipinski definition) is 0. The first-order chi connectivity index (χ1) is 23.8. The molecule has 0 radical (unpaired) electrons. The number of fused-ring (bicyclic) bond motifs is 6. The Morgan fingerprint density at radius 2 is 0.833 bits per heavy atom. The van der Waals surface area contributed by atoms with E-state index in [1.807, 2.05) is 72.8 Å². The fourth-order valence-corrected chi connectivity index (χ4v) is 7.38. The average molecular weight is 611 g/mol. The molecule has 9 aromatic rings. The summed E-state index contributed by atoms with van der Waals surface area (Å²) >= 11 is 0. The predicted octanol–water partition coefficient (Wildman–Crippen LogP) is 11.0. The summed E-state index contributed by atoms with van der Waals surface area (Å²) in [6.07, 6.45) is 0. The molecule has 7 aromatic carbocycles. The van der Waals surface area contributed by atoms with Gasteiger partial charge in [0.25, 0.3) is 0 Å². The van der Waals surface area contributed by atoms with E-state index in [9.17, 15) is 10.5 Å². The van der Waals surface area contributed by atoms with Crippen LogP contribution in [-0.2, 0) is 0 Å². The quantitative estimate of drug-likeness (QED) is 0.199. The van der Waals surface area contributed by atoms with Gasteiger partial charge in [-0.1, -0.05) is 115 Å². The van der Waals surface area contributed by atoms with Crippen molar-refractivity contribution in [2.24, 2.45) is 0 Å². The molecule has 0 atom stereocenters. The molecule has 2 aromatic heterocycles. The van der Waals surface area contributed by atoms with Crippen LogP contribution in [-0.4, -0.2) is 9.13 Å². The van der Waals surface area contributed by atoms with Crippen molar-refractivity contribution in [3.05, 3.63) is 169 Å². The topological polar surface area (TPSA) is 57.4 Å². The lowest BCUT2D eigenvalue weighted by Crippen LogP contribution is -2.00. The van der Waals surface area contributed by atoms with Crippen LogP contribution >= 0.6 is 0 Å². The zero-order valence-corrected chi connectivity index (χ0v) is 25.8. The Hall–Kier alpha value is -6.88. The Morgan fingerprint density at radius 1 is 0.375 bits per heavy atom. The number of rotatable bonds is 4. The highest BCUT2D eigenvalue weighted by Crippen LogP contribution is 2.40. The highest BCUT2D eigenvalue weighted by molar-refractivity contribution is 6.10. The van der Waals surface area contributed by atoms with E-state index in [4.69, 9.17) is 0 Å². The lowest BCUT2D eigenvalue weighted by atomic mass is 9.92. The van der Waals surface area contributed by atoms with Crippen LogP contribution in [0, 0.1) is 22.7 Å². The normalized spacial score (nSPS) is 11.3. The highest BCUT2D eigenvalue weighted by Gasteiger charge is 2.20. The molecule has 2 heterocycles. The van der Waals surface area contributed by atoms with Crippen molar-refractivity contribution in [2.45, 2.75) is 0 Å². The third-order valence-corrected chi connectivity index (χ3v) is 9.44. The Labute approximate surface area is 277 Å². The standard InChI is InChI=1S/C44H26N4/c45-27-30-26-29(31-17-11-23-44(38(31)28-46)48-42-21-9-4-15-36(42)37-16-5-10-22-43(37)48)24-25-32(30)33-12-1-6-18-39(33)47-40-19-7-2-13-34(40)35-14-3-8-20-41(35)47/h1-26H. The van der Waals surface area contributed by atoms with Gasteiger partial charge in [0.2, 0.25) is 0 Å². The van der Waals surface area contributed by atoms with E-state index in [2.05, 4.69) is 106 Å². The van der Waals surface area contributed by atoms with E-state index in [0.29, 0.717) is 11.1 Å². The van der Waals surface area contributed by atoms with Gasteiger partial charge >= 0.3 is 0 Å². The molecule has 0 N–H and O–H groups in total. The summed E-state index contributed by atoms with van der Waals surface area (Å²) in [6.45, 7) is 0. The molecule has 0 aliphatic rings. The molecule has 0 amide bonds. The zero-order chi connectivity index (χ0) is 32.2. The summed E-state index contributed by atoms with van der Waals surface area (Å²) < 4.78 is 4.46. The molecule has 0 bridgehead atoms. The second kappa shape index (κ2) is 10.9. The highest BCUT2D eigenvalue weighted by atomic mass is 15.0. The van der Waals surface area contributed by atoms with E-state index in [1.54, 1.807) is 0 Å². The lowest BCUT2D eigenvalue weighted by molar-refractivity contribution is 1.17. The smallest absolute Gasteiger partial charge is 0.102 e. The van der Waals surface area contributed by atoms with Crippen molar-refractivity contribution in [3.8, 4) is 45.8 Å². The number of nitrogens with zero attached hydrogens (tertiary/aromatic N) is 4. The second-order valence-electron chi connectivity index (χ2n) is 11.9. The maximum absolute atomic E-state index is 10.6. The minimum atomic E-state index is 0.548. The van der Waals surface area contributed by atoms with Crippen molar-refractivity contribution < 1.29 is 0 Å². The molecule has 0 saturated heterocycles. The Balaban J connectivity index is 1.23. The summed E-state index contributed by atoms with van der Waals surface area (Å²) in [4.78, 5) is 0. The summed E-state index contributed by atoms with van der Waals surface area (Å²) in [5.74, 6) is 0. The first-order valence-electron chi connectivity index (χ1n) is 15.9. The van der Waals surface area contributed by atoms with Gasteiger partial charge in [0.15, 0.2) is 0 Å². The van der Waals surface area contributed by atoms with Crippen molar-refractivity contribution in [2.75, 3.05) is 0 Å².